The highest BCUT2D eigenvalue weighted by molar-refractivity contribution is 5.90. The summed E-state index contributed by atoms with van der Waals surface area (Å²) in [6.45, 7) is 9.74. The van der Waals surface area contributed by atoms with Gasteiger partial charge in [0.05, 0.1) is 18.2 Å². The minimum Gasteiger partial charge on any atom is -0.490 e. The third-order valence-electron chi connectivity index (χ3n) is 24.7. The second-order valence-electron chi connectivity index (χ2n) is 31.2. The minimum absolute atomic E-state index is 0.00844. The van der Waals surface area contributed by atoms with Gasteiger partial charge in [0.2, 0.25) is 0 Å². The number of nitrogens with zero attached hydrogens (tertiary/aromatic N) is 2. The third-order valence-corrected chi connectivity index (χ3v) is 24.7. The zero-order valence-electron chi connectivity index (χ0n) is 56.9. The molecule has 6 unspecified atom stereocenters. The Morgan fingerprint density at radius 1 is 0.490 bits per heavy atom. The van der Waals surface area contributed by atoms with Crippen molar-refractivity contribution in [1.29, 1.82) is 0 Å². The summed E-state index contributed by atoms with van der Waals surface area (Å²) in [6.07, 6.45) is 49.9. The normalized spacial score (nSPS) is 24.4. The molecular weight excluding hydrogens is 1200 g/mol. The summed E-state index contributed by atoms with van der Waals surface area (Å²) in [4.78, 5) is 5.22. The number of aryl methyl sites for hydroxylation is 2. The molecule has 8 aromatic rings. The molecule has 0 radical (unpaired) electrons. The molecule has 0 saturated carbocycles. The predicted octanol–water partition coefficient (Wildman–Crippen LogP) is 23.3. The Labute approximate surface area is 576 Å². The molecule has 6 heteroatoms. The first-order chi connectivity index (χ1) is 47.9. The smallest absolute Gasteiger partial charge is 0.135 e. The Morgan fingerprint density at radius 2 is 1.26 bits per heavy atom. The Hall–Kier alpha value is -9.36. The van der Waals surface area contributed by atoms with Gasteiger partial charge in [0.25, 0.3) is 0 Å². The molecule has 0 spiro atoms. The number of ether oxygens (including phenoxy) is 2. The van der Waals surface area contributed by atoms with Crippen LogP contribution in [0.15, 0.2) is 231 Å². The maximum absolute atomic E-state index is 7.09. The van der Waals surface area contributed by atoms with Gasteiger partial charge in [-0.25, -0.2) is 0 Å². The van der Waals surface area contributed by atoms with Crippen LogP contribution in [-0.2, 0) is 39.6 Å². The Balaban J connectivity index is 0.561. The molecule has 20 rings (SSSR count). The Bertz CT molecular complexity index is 5080. The number of benzene rings is 6. The zero-order valence-corrected chi connectivity index (χ0v) is 56.9. The van der Waals surface area contributed by atoms with Crippen LogP contribution in [0.5, 0.6) is 0 Å². The van der Waals surface area contributed by atoms with Crippen molar-refractivity contribution in [3.63, 3.8) is 0 Å². The van der Waals surface area contributed by atoms with E-state index >= 15 is 0 Å². The largest absolute Gasteiger partial charge is 0.490 e. The number of rotatable bonds is 10. The monoisotopic (exact) mass is 1280 g/mol. The number of allylic oxidation sites excluding steroid dienone is 13. The van der Waals surface area contributed by atoms with Gasteiger partial charge in [0, 0.05) is 81.8 Å². The van der Waals surface area contributed by atoms with E-state index in [2.05, 4.69) is 244 Å². The number of hydrogen-bond donors (Lipinski definition) is 0. The van der Waals surface area contributed by atoms with Gasteiger partial charge in [-0.05, 0) is 280 Å². The van der Waals surface area contributed by atoms with Crippen LogP contribution >= 0.6 is 0 Å². The van der Waals surface area contributed by atoms with Crippen LogP contribution in [0.4, 0.5) is 22.7 Å². The van der Waals surface area contributed by atoms with Crippen LogP contribution in [0.25, 0.3) is 62.8 Å². The maximum atomic E-state index is 7.09. The van der Waals surface area contributed by atoms with E-state index in [0.717, 1.165) is 135 Å². The van der Waals surface area contributed by atoms with Crippen molar-refractivity contribution in [2.45, 2.75) is 172 Å². The SMILES string of the molecule is CC1(C)C2=C(CC3CCC=CC3=C2)c2ccc(N(c3ccc(C4CC5=Cc6cc7oc(-c8ccc(N(c9ccc%10c(c9)C(C)(C)c9cc%11c(cc9-%10)CCC=C%11)C9C=CC(c%10cc%11c(o%10)C=CCC%11)=CC9)cc8)cc7cc6CC5O4)cc3)C3CC=C(C4CC5=C(CCC=C5)O4)CC3)cc21. The molecule has 12 aliphatic rings. The van der Waals surface area contributed by atoms with Crippen molar-refractivity contribution in [3.05, 3.63) is 289 Å². The minimum atomic E-state index is -0.141. The van der Waals surface area contributed by atoms with Crippen LogP contribution in [0.1, 0.15) is 184 Å². The van der Waals surface area contributed by atoms with E-state index in [-0.39, 0.29) is 35.2 Å². The van der Waals surface area contributed by atoms with Crippen LogP contribution in [-0.4, -0.2) is 24.3 Å². The van der Waals surface area contributed by atoms with E-state index < -0.39 is 0 Å². The highest BCUT2D eigenvalue weighted by atomic mass is 16.5. The average Bonchev–Trinajstić information content (AvgIpc) is 1.58. The molecule has 4 heterocycles. The molecule has 6 aromatic carbocycles. The molecule has 1 fully saturated rings. The van der Waals surface area contributed by atoms with E-state index in [0.29, 0.717) is 12.0 Å². The van der Waals surface area contributed by atoms with Crippen molar-refractivity contribution in [3.8, 4) is 22.5 Å². The van der Waals surface area contributed by atoms with Gasteiger partial charge in [0.15, 0.2) is 0 Å². The lowest BCUT2D eigenvalue weighted by Gasteiger charge is -2.37. The second kappa shape index (κ2) is 22.6. The summed E-state index contributed by atoms with van der Waals surface area (Å²) >= 11 is 0. The second-order valence-corrected chi connectivity index (χ2v) is 31.2. The van der Waals surface area contributed by atoms with Gasteiger partial charge < -0.3 is 28.1 Å². The summed E-state index contributed by atoms with van der Waals surface area (Å²) in [7, 11) is 0. The fourth-order valence-corrected chi connectivity index (χ4v) is 19.3. The molecule has 98 heavy (non-hydrogen) atoms. The highest BCUT2D eigenvalue weighted by Gasteiger charge is 2.43. The lowest BCUT2D eigenvalue weighted by atomic mass is 9.74. The fraction of sp³-hybridized carbons (Fsp3) is 0.304. The predicted molar refractivity (Wildman–Crippen MR) is 401 cm³/mol. The quantitative estimate of drug-likeness (QED) is 0.127. The number of fused-ring (bicyclic) bond motifs is 11. The molecular formula is C92H84N2O4. The number of anilines is 4. The maximum Gasteiger partial charge on any atom is 0.135 e. The lowest BCUT2D eigenvalue weighted by Crippen LogP contribution is -2.33. The van der Waals surface area contributed by atoms with E-state index in [1.54, 1.807) is 5.57 Å². The molecule has 0 amide bonds. The van der Waals surface area contributed by atoms with Crippen molar-refractivity contribution in [2.75, 3.05) is 9.80 Å². The molecule has 486 valence electrons. The van der Waals surface area contributed by atoms with Crippen molar-refractivity contribution < 1.29 is 18.3 Å². The van der Waals surface area contributed by atoms with Crippen LogP contribution in [0.3, 0.4) is 0 Å². The summed E-state index contributed by atoms with van der Waals surface area (Å²) in [5.41, 5.74) is 33.1. The third kappa shape index (κ3) is 9.65. The van der Waals surface area contributed by atoms with E-state index in [1.807, 2.05) is 0 Å². The summed E-state index contributed by atoms with van der Waals surface area (Å²) in [6, 6.07) is 47.7. The first kappa shape index (κ1) is 58.8. The van der Waals surface area contributed by atoms with Gasteiger partial charge in [-0.1, -0.05) is 137 Å². The van der Waals surface area contributed by atoms with Gasteiger partial charge >= 0.3 is 0 Å². The summed E-state index contributed by atoms with van der Waals surface area (Å²) in [5, 5.41) is 1.12. The van der Waals surface area contributed by atoms with Crippen molar-refractivity contribution >= 4 is 63.1 Å². The molecule has 0 N–H and O–H groups in total. The molecule has 0 bridgehead atoms. The molecule has 1 saturated heterocycles. The highest BCUT2D eigenvalue weighted by Crippen LogP contribution is 2.56. The van der Waals surface area contributed by atoms with Gasteiger partial charge in [-0.2, -0.15) is 0 Å². The molecule has 10 aliphatic carbocycles. The van der Waals surface area contributed by atoms with Crippen molar-refractivity contribution in [2.24, 2.45) is 5.92 Å². The van der Waals surface area contributed by atoms with Crippen LogP contribution in [0.2, 0.25) is 0 Å². The lowest BCUT2D eigenvalue weighted by molar-refractivity contribution is 0.0521. The summed E-state index contributed by atoms with van der Waals surface area (Å²) in [5.74, 6) is 4.69. The number of furan rings is 2. The Kier molecular flexibility index (Phi) is 13.5. The molecule has 2 aromatic heterocycles. The fourth-order valence-electron chi connectivity index (χ4n) is 19.3. The average molecular weight is 1280 g/mol. The standard InChI is InChI=1S/C92H84N2O4/c1-91(2)79-45-61-15-7-5-13-59(61)43-77(79)75-39-37-73(53-81(75)91)93(69-29-21-55(22-30-69)85-47-63-17-9-11-19-83(63)95-85)71-33-25-57(26-34-71)87-51-67-41-65-50-90-68(42-66(65)49-89(67)97-87)52-88(98-90)58-27-35-72(36-28-58)94(70-31-23-56(24-32-70)86-48-64-18-10-12-20-84(64)96-86)74-38-40-76-78-44-60-14-6-8-16-62(60)46-80(78)92(3,4)82(76)54-74/h7-9,12,15-17,20-21,23-28,31,33-42,44-46,48,50,52-54,59,69-70,85,87,89H,5-6,10-11,13-14,18-19,22,29-30,32,43,47,49,51H2,1-4H3. The van der Waals surface area contributed by atoms with E-state index in [4.69, 9.17) is 18.3 Å². The van der Waals surface area contributed by atoms with Crippen LogP contribution < -0.4 is 9.80 Å². The zero-order chi connectivity index (χ0) is 65.1. The Morgan fingerprint density at radius 3 is 2.08 bits per heavy atom. The first-order valence-electron chi connectivity index (χ1n) is 36.8. The molecule has 6 atom stereocenters. The first-order valence-corrected chi connectivity index (χ1v) is 36.8. The van der Waals surface area contributed by atoms with Gasteiger partial charge in [-0.3, -0.25) is 0 Å². The van der Waals surface area contributed by atoms with Gasteiger partial charge in [-0.15, -0.1) is 0 Å². The molecule has 2 aliphatic heterocycles. The van der Waals surface area contributed by atoms with Crippen molar-refractivity contribution in [1.82, 2.24) is 0 Å². The van der Waals surface area contributed by atoms with E-state index in [9.17, 15) is 0 Å². The topological polar surface area (TPSA) is 51.2 Å². The van der Waals surface area contributed by atoms with Gasteiger partial charge in [0.1, 0.15) is 34.7 Å². The van der Waals surface area contributed by atoms with Crippen LogP contribution in [0, 0.1) is 5.92 Å². The summed E-state index contributed by atoms with van der Waals surface area (Å²) < 4.78 is 27.0. The van der Waals surface area contributed by atoms with E-state index in [1.165, 1.54) is 130 Å². The number of hydrogen-bond acceptors (Lipinski definition) is 6. The molecule has 6 nitrogen and oxygen atoms in total.